The lowest BCUT2D eigenvalue weighted by Crippen LogP contribution is -2.29. The summed E-state index contributed by atoms with van der Waals surface area (Å²) in [6.07, 6.45) is 1.82. The first-order valence-electron chi connectivity index (χ1n) is 12.0. The fraction of sp³-hybridized carbons (Fsp3) is 0.241. The van der Waals surface area contributed by atoms with E-state index in [-0.39, 0.29) is 12.1 Å². The van der Waals surface area contributed by atoms with Gasteiger partial charge in [0, 0.05) is 29.2 Å². The molecule has 0 amide bonds. The summed E-state index contributed by atoms with van der Waals surface area (Å²) in [5.41, 5.74) is 6.32. The Balaban J connectivity index is 1.62. The van der Waals surface area contributed by atoms with Crippen molar-refractivity contribution in [3.63, 3.8) is 0 Å². The molecule has 1 N–H and O–H groups in total. The third-order valence-corrected chi connectivity index (χ3v) is 7.47. The number of ether oxygens (including phenoxy) is 2. The predicted molar refractivity (Wildman–Crippen MR) is 151 cm³/mol. The summed E-state index contributed by atoms with van der Waals surface area (Å²) in [6, 6.07) is 21.8. The average Bonchev–Trinajstić information content (AvgIpc) is 3.39. The van der Waals surface area contributed by atoms with Crippen LogP contribution < -0.4 is 14.8 Å². The molecule has 0 aliphatic carbocycles. The van der Waals surface area contributed by atoms with Crippen molar-refractivity contribution in [2.24, 2.45) is 0 Å². The summed E-state index contributed by atoms with van der Waals surface area (Å²) >= 11 is 12.3. The Hall–Kier alpha value is -3.55. The molecule has 2 atom stereocenters. The first-order valence-corrected chi connectivity index (χ1v) is 12.8. The molecule has 1 aliphatic heterocycles. The molecular weight excluding hydrogens is 504 g/mol. The standard InChI is InChI=1S/C29H29ClN4O2S/c1-18-15-23(19(2)34(18)25-16-21(30)10-13-26(25)36-4)28-27(24-7-5-6-14-31-24)32-29(37)33(28)17-20-8-11-22(35-3)12-9-20/h5-16,27-28H,17H2,1-4H3,(H,32,37)/t27-,28-/m1/s1. The van der Waals surface area contributed by atoms with Crippen LogP contribution in [-0.2, 0) is 6.54 Å². The van der Waals surface area contributed by atoms with E-state index < -0.39 is 0 Å². The van der Waals surface area contributed by atoms with Crippen LogP contribution >= 0.6 is 23.8 Å². The van der Waals surface area contributed by atoms with Crippen LogP contribution in [0, 0.1) is 13.8 Å². The van der Waals surface area contributed by atoms with Gasteiger partial charge < -0.3 is 24.3 Å². The third-order valence-electron chi connectivity index (χ3n) is 6.88. The number of pyridine rings is 1. The van der Waals surface area contributed by atoms with E-state index in [1.807, 2.05) is 54.7 Å². The molecule has 1 saturated heterocycles. The highest BCUT2D eigenvalue weighted by molar-refractivity contribution is 7.80. The van der Waals surface area contributed by atoms with Crippen LogP contribution in [0.15, 0.2) is 72.9 Å². The number of aryl methyl sites for hydroxylation is 1. The smallest absolute Gasteiger partial charge is 0.170 e. The number of aromatic nitrogens is 2. The lowest BCUT2D eigenvalue weighted by Gasteiger charge is -2.28. The van der Waals surface area contributed by atoms with Crippen molar-refractivity contribution in [2.75, 3.05) is 14.2 Å². The molecule has 4 aromatic rings. The second kappa shape index (κ2) is 10.4. The van der Waals surface area contributed by atoms with Crippen LogP contribution in [0.3, 0.4) is 0 Å². The highest BCUT2D eigenvalue weighted by Crippen LogP contribution is 2.43. The van der Waals surface area contributed by atoms with Gasteiger partial charge >= 0.3 is 0 Å². The average molecular weight is 533 g/mol. The summed E-state index contributed by atoms with van der Waals surface area (Å²) in [5.74, 6) is 1.59. The molecular formula is C29H29ClN4O2S. The number of hydrogen-bond donors (Lipinski definition) is 1. The molecule has 0 spiro atoms. The van der Waals surface area contributed by atoms with Crippen LogP contribution in [0.4, 0.5) is 0 Å². The number of rotatable bonds is 7. The first-order chi connectivity index (χ1) is 17.9. The number of methoxy groups -OCH3 is 2. The van der Waals surface area contributed by atoms with Crippen molar-refractivity contribution < 1.29 is 9.47 Å². The van der Waals surface area contributed by atoms with E-state index in [9.17, 15) is 0 Å². The highest BCUT2D eigenvalue weighted by atomic mass is 35.5. The summed E-state index contributed by atoms with van der Waals surface area (Å²) < 4.78 is 13.2. The van der Waals surface area contributed by atoms with E-state index in [2.05, 4.69) is 51.8 Å². The molecule has 2 aromatic heterocycles. The van der Waals surface area contributed by atoms with Gasteiger partial charge in [-0.15, -0.1) is 0 Å². The molecule has 3 heterocycles. The van der Waals surface area contributed by atoms with Crippen molar-refractivity contribution in [3.8, 4) is 17.2 Å². The summed E-state index contributed by atoms with van der Waals surface area (Å²) in [6.45, 7) is 4.88. The first kappa shape index (κ1) is 25.1. The molecule has 1 fully saturated rings. The van der Waals surface area contributed by atoms with Gasteiger partial charge in [-0.3, -0.25) is 4.98 Å². The lowest BCUT2D eigenvalue weighted by atomic mass is 9.96. The summed E-state index contributed by atoms with van der Waals surface area (Å²) in [4.78, 5) is 6.93. The van der Waals surface area contributed by atoms with Crippen molar-refractivity contribution in [3.05, 3.63) is 106 Å². The number of nitrogens with zero attached hydrogens (tertiary/aromatic N) is 3. The van der Waals surface area contributed by atoms with E-state index in [4.69, 9.17) is 33.3 Å². The minimum absolute atomic E-state index is 0.0744. The topological polar surface area (TPSA) is 51.5 Å². The van der Waals surface area contributed by atoms with Gasteiger partial charge in [0.1, 0.15) is 11.5 Å². The van der Waals surface area contributed by atoms with Gasteiger partial charge in [0.05, 0.1) is 37.7 Å². The molecule has 6 nitrogen and oxygen atoms in total. The number of hydrogen-bond acceptors (Lipinski definition) is 4. The SMILES string of the molecule is COc1ccc(CN2C(=S)N[C@H](c3ccccn3)[C@H]2c2cc(C)n(-c3cc(Cl)ccc3OC)c2C)cc1. The number of nitrogens with one attached hydrogen (secondary N) is 1. The normalized spacial score (nSPS) is 17.1. The van der Waals surface area contributed by atoms with Crippen molar-refractivity contribution in [1.82, 2.24) is 19.8 Å². The molecule has 1 aliphatic rings. The van der Waals surface area contributed by atoms with Gasteiger partial charge in [0.15, 0.2) is 5.11 Å². The highest BCUT2D eigenvalue weighted by Gasteiger charge is 2.41. The number of thiocarbonyl (C=S) groups is 1. The third kappa shape index (κ3) is 4.77. The van der Waals surface area contributed by atoms with Gasteiger partial charge in [-0.05, 0) is 85.7 Å². The Labute approximate surface area is 227 Å². The Bertz CT molecular complexity index is 1420. The fourth-order valence-electron chi connectivity index (χ4n) is 5.14. The van der Waals surface area contributed by atoms with E-state index in [1.165, 1.54) is 0 Å². The lowest BCUT2D eigenvalue weighted by molar-refractivity contribution is 0.310. The zero-order valence-corrected chi connectivity index (χ0v) is 22.8. The quantitative estimate of drug-likeness (QED) is 0.281. The maximum absolute atomic E-state index is 6.40. The number of benzene rings is 2. The van der Waals surface area contributed by atoms with E-state index in [1.54, 1.807) is 14.2 Å². The Morgan fingerprint density at radius 2 is 1.78 bits per heavy atom. The van der Waals surface area contributed by atoms with Crippen LogP contribution in [0.5, 0.6) is 11.5 Å². The van der Waals surface area contributed by atoms with Gasteiger partial charge in [-0.2, -0.15) is 0 Å². The van der Waals surface area contributed by atoms with Gasteiger partial charge in [0.25, 0.3) is 0 Å². The molecule has 190 valence electrons. The maximum atomic E-state index is 6.40. The molecule has 0 saturated carbocycles. The van der Waals surface area contributed by atoms with Crippen molar-refractivity contribution in [1.29, 1.82) is 0 Å². The Morgan fingerprint density at radius 1 is 1.00 bits per heavy atom. The van der Waals surface area contributed by atoms with E-state index >= 15 is 0 Å². The van der Waals surface area contributed by atoms with Gasteiger partial charge in [0.2, 0.25) is 0 Å². The molecule has 8 heteroatoms. The summed E-state index contributed by atoms with van der Waals surface area (Å²) in [5, 5.41) is 4.90. The van der Waals surface area contributed by atoms with Crippen LogP contribution in [-0.4, -0.2) is 33.8 Å². The van der Waals surface area contributed by atoms with Crippen LogP contribution in [0.25, 0.3) is 5.69 Å². The van der Waals surface area contributed by atoms with E-state index in [0.29, 0.717) is 16.7 Å². The Morgan fingerprint density at radius 3 is 2.46 bits per heavy atom. The fourth-order valence-corrected chi connectivity index (χ4v) is 5.61. The molecule has 2 aromatic carbocycles. The van der Waals surface area contributed by atoms with E-state index in [0.717, 1.165) is 45.4 Å². The molecule has 0 bridgehead atoms. The Kier molecular flexibility index (Phi) is 7.09. The minimum atomic E-state index is -0.109. The number of halogens is 1. The van der Waals surface area contributed by atoms with Crippen molar-refractivity contribution >= 4 is 28.9 Å². The second-order valence-electron chi connectivity index (χ2n) is 9.08. The predicted octanol–water partition coefficient (Wildman–Crippen LogP) is 6.33. The zero-order chi connectivity index (χ0) is 26.1. The molecule has 37 heavy (non-hydrogen) atoms. The zero-order valence-electron chi connectivity index (χ0n) is 21.2. The van der Waals surface area contributed by atoms with Crippen LogP contribution in [0.2, 0.25) is 5.02 Å². The minimum Gasteiger partial charge on any atom is -0.497 e. The monoisotopic (exact) mass is 532 g/mol. The molecule has 5 rings (SSSR count). The van der Waals surface area contributed by atoms with Crippen molar-refractivity contribution in [2.45, 2.75) is 32.5 Å². The van der Waals surface area contributed by atoms with Gasteiger partial charge in [-0.25, -0.2) is 0 Å². The second-order valence-corrected chi connectivity index (χ2v) is 9.90. The van der Waals surface area contributed by atoms with Crippen LogP contribution in [0.1, 0.15) is 40.3 Å². The van der Waals surface area contributed by atoms with Gasteiger partial charge in [-0.1, -0.05) is 29.8 Å². The maximum Gasteiger partial charge on any atom is 0.170 e. The molecule has 0 unspecified atom stereocenters. The largest absolute Gasteiger partial charge is 0.497 e. The summed E-state index contributed by atoms with van der Waals surface area (Å²) in [7, 11) is 3.35. The molecule has 0 radical (unpaired) electrons.